The van der Waals surface area contributed by atoms with E-state index in [2.05, 4.69) is 21.5 Å². The third-order valence-corrected chi connectivity index (χ3v) is 6.08. The molecule has 40 heavy (non-hydrogen) atoms. The fourth-order valence-corrected chi connectivity index (χ4v) is 3.94. The number of rotatable bonds is 13. The normalized spacial score (nSPS) is 13.2. The number of hydrogen-bond acceptors (Lipinski definition) is 11. The van der Waals surface area contributed by atoms with Crippen molar-refractivity contribution in [3.63, 3.8) is 0 Å². The zero-order chi connectivity index (χ0) is 28.8. The molecule has 3 aromatic rings. The molecule has 14 heteroatoms. The Balaban J connectivity index is 1.32. The number of hydrogen-bond donors (Lipinski definition) is 2. The summed E-state index contributed by atoms with van der Waals surface area (Å²) in [5.41, 5.74) is 7.71. The van der Waals surface area contributed by atoms with Gasteiger partial charge in [-0.2, -0.15) is 9.97 Å². The highest BCUT2D eigenvalue weighted by molar-refractivity contribution is 6.03. The van der Waals surface area contributed by atoms with E-state index in [1.165, 1.54) is 11.7 Å². The van der Waals surface area contributed by atoms with E-state index in [-0.39, 0.29) is 62.0 Å². The van der Waals surface area contributed by atoms with Gasteiger partial charge in [0.15, 0.2) is 11.5 Å². The Morgan fingerprint density at radius 2 is 1.73 bits per heavy atom. The summed E-state index contributed by atoms with van der Waals surface area (Å²) in [5.74, 6) is -2.37. The zero-order valence-corrected chi connectivity index (χ0v) is 21.8. The van der Waals surface area contributed by atoms with Gasteiger partial charge in [0, 0.05) is 38.4 Å². The zero-order valence-electron chi connectivity index (χ0n) is 21.8. The van der Waals surface area contributed by atoms with Gasteiger partial charge in [-0.3, -0.25) is 19.0 Å². The van der Waals surface area contributed by atoms with Crippen LogP contribution in [0.25, 0.3) is 11.2 Å². The Kier molecular flexibility index (Phi) is 8.69. The molecule has 0 aliphatic carbocycles. The lowest BCUT2D eigenvalue weighted by Gasteiger charge is -2.13. The molecule has 0 bridgehead atoms. The molecule has 1 aliphatic rings. The van der Waals surface area contributed by atoms with Gasteiger partial charge < -0.3 is 25.0 Å². The number of benzene rings is 1. The molecule has 3 N–H and O–H groups in total. The van der Waals surface area contributed by atoms with Gasteiger partial charge in [0.05, 0.1) is 13.2 Å². The summed E-state index contributed by atoms with van der Waals surface area (Å²) in [6, 6.07) is 7.35. The molecule has 1 aliphatic heterocycles. The molecular formula is C26H28N6O8. The van der Waals surface area contributed by atoms with Crippen molar-refractivity contribution in [2.75, 3.05) is 26.1 Å². The summed E-state index contributed by atoms with van der Waals surface area (Å²) < 4.78 is 11.8. The molecule has 2 amide bonds. The number of nitrogen functional groups attached to an aromatic ring is 1. The molecule has 210 valence electrons. The van der Waals surface area contributed by atoms with Gasteiger partial charge in [-0.25, -0.2) is 9.59 Å². The molecule has 1 fully saturated rings. The Hall–Kier alpha value is -4.85. The Bertz CT molecular complexity index is 1510. The predicted molar refractivity (Wildman–Crippen MR) is 140 cm³/mol. The number of imidazole rings is 1. The van der Waals surface area contributed by atoms with Gasteiger partial charge in [-0.05, 0) is 17.5 Å². The van der Waals surface area contributed by atoms with Crippen LogP contribution in [0.1, 0.15) is 36.8 Å². The number of hydroxylamine groups is 2. The maximum atomic E-state index is 12.6. The molecule has 3 heterocycles. The monoisotopic (exact) mass is 552 g/mol. The Morgan fingerprint density at radius 1 is 1.05 bits per heavy atom. The average Bonchev–Trinajstić information content (AvgIpc) is 3.41. The second-order valence-electron chi connectivity index (χ2n) is 9.04. The number of nitrogens with one attached hydrogen (secondary N) is 1. The van der Waals surface area contributed by atoms with Crippen molar-refractivity contribution < 1.29 is 33.5 Å². The first-order valence-corrected chi connectivity index (χ1v) is 12.4. The molecular weight excluding hydrogens is 524 g/mol. The van der Waals surface area contributed by atoms with E-state index in [1.54, 1.807) is 0 Å². The fraction of sp³-hybridized carbons (Fsp3) is 0.346. The third-order valence-electron chi connectivity index (χ3n) is 6.08. The van der Waals surface area contributed by atoms with Gasteiger partial charge in [0.25, 0.3) is 11.8 Å². The van der Waals surface area contributed by atoms with E-state index in [9.17, 15) is 24.0 Å². The van der Waals surface area contributed by atoms with Crippen molar-refractivity contribution in [3.8, 4) is 6.01 Å². The van der Waals surface area contributed by atoms with Crippen LogP contribution in [0, 0.1) is 0 Å². The quantitative estimate of drug-likeness (QED) is 0.174. The van der Waals surface area contributed by atoms with E-state index in [1.807, 2.05) is 24.3 Å². The van der Waals surface area contributed by atoms with Crippen molar-refractivity contribution in [3.05, 3.63) is 58.0 Å². The number of Topliss-reactive ketones (excluding diaryl/α,β-unsaturated/α-hetero) is 1. The summed E-state index contributed by atoms with van der Waals surface area (Å²) in [5, 5.41) is 0.418. The number of anilines is 1. The number of ether oxygens (including phenoxy) is 2. The van der Waals surface area contributed by atoms with E-state index < -0.39 is 23.5 Å². The lowest BCUT2D eigenvalue weighted by molar-refractivity contribution is -0.194. The number of carbonyl (C=O) groups is 4. The number of imide groups is 1. The highest BCUT2D eigenvalue weighted by Gasteiger charge is 2.33. The minimum absolute atomic E-state index is 0.0248. The van der Waals surface area contributed by atoms with E-state index >= 15 is 0 Å². The Labute approximate surface area is 227 Å². The van der Waals surface area contributed by atoms with Crippen molar-refractivity contribution in [2.45, 2.75) is 38.6 Å². The third kappa shape index (κ3) is 6.58. The second kappa shape index (κ2) is 12.3. The lowest BCUT2D eigenvalue weighted by atomic mass is 10.0. The molecule has 0 radical (unpaired) electrons. The predicted octanol–water partition coefficient (Wildman–Crippen LogP) is 0.831. The number of nitrogens with zero attached hydrogens (tertiary/aromatic N) is 4. The van der Waals surface area contributed by atoms with Crippen LogP contribution in [0.5, 0.6) is 6.01 Å². The van der Waals surface area contributed by atoms with Gasteiger partial charge in [0.1, 0.15) is 17.9 Å². The minimum Gasteiger partial charge on any atom is -0.461 e. The summed E-state index contributed by atoms with van der Waals surface area (Å²) in [4.78, 5) is 76.0. The molecule has 0 spiro atoms. The summed E-state index contributed by atoms with van der Waals surface area (Å²) in [6.07, 6.45) is 0.228. The van der Waals surface area contributed by atoms with Crippen LogP contribution in [0.2, 0.25) is 0 Å². The molecule has 1 aromatic carbocycles. The lowest BCUT2D eigenvalue weighted by Crippen LogP contribution is -2.32. The largest absolute Gasteiger partial charge is 0.461 e. The number of carbonyl (C=O) groups excluding carboxylic acids is 4. The van der Waals surface area contributed by atoms with Crippen molar-refractivity contribution in [1.82, 2.24) is 24.6 Å². The summed E-state index contributed by atoms with van der Waals surface area (Å²) in [6.45, 7) is 4.30. The van der Waals surface area contributed by atoms with Gasteiger partial charge in [-0.15, -0.1) is 5.06 Å². The van der Waals surface area contributed by atoms with Crippen molar-refractivity contribution >= 4 is 40.5 Å². The highest BCUT2D eigenvalue weighted by Crippen LogP contribution is 2.19. The number of H-pyrrole nitrogens is 1. The first kappa shape index (κ1) is 28.2. The number of fused-ring (bicyclic) bond motifs is 1. The van der Waals surface area contributed by atoms with Crippen LogP contribution in [0.3, 0.4) is 0 Å². The highest BCUT2D eigenvalue weighted by atomic mass is 16.7. The average molecular weight is 553 g/mol. The van der Waals surface area contributed by atoms with Crippen LogP contribution < -0.4 is 16.2 Å². The standard InChI is InChI=1S/C26H28N6O8/c1-15(24(36)40-32-19(34)9-10-20(32)35)13-18(33)8-7-16-3-5-17(6-4-16)14-31-23-21(28-26(31)37)22(27)29-25(30-23)39-12-11-38-2/h3-6H,1,7-14H2,2H3,(H,28,37)(H2,27,29,30). The van der Waals surface area contributed by atoms with Crippen molar-refractivity contribution in [1.29, 1.82) is 0 Å². The first-order valence-electron chi connectivity index (χ1n) is 12.4. The number of amides is 2. The number of ketones is 1. The molecule has 0 unspecified atom stereocenters. The van der Waals surface area contributed by atoms with Crippen LogP contribution in [-0.4, -0.2) is 68.5 Å². The summed E-state index contributed by atoms with van der Waals surface area (Å²) >= 11 is 0. The first-order chi connectivity index (χ1) is 19.2. The number of aryl methyl sites for hydroxylation is 1. The number of nitrogens with two attached hydrogens (primary N) is 1. The molecule has 2 aromatic heterocycles. The fourth-order valence-electron chi connectivity index (χ4n) is 3.94. The van der Waals surface area contributed by atoms with E-state index in [0.29, 0.717) is 29.3 Å². The van der Waals surface area contributed by atoms with Gasteiger partial charge in [0.2, 0.25) is 0 Å². The number of methoxy groups -OCH3 is 1. The van der Waals surface area contributed by atoms with E-state index in [4.69, 9.17) is 20.0 Å². The van der Waals surface area contributed by atoms with Gasteiger partial charge >= 0.3 is 17.7 Å². The van der Waals surface area contributed by atoms with Crippen LogP contribution in [0.4, 0.5) is 5.82 Å². The van der Waals surface area contributed by atoms with E-state index in [0.717, 1.165) is 11.1 Å². The number of aromatic amines is 1. The molecule has 0 saturated carbocycles. The molecule has 1 saturated heterocycles. The maximum Gasteiger partial charge on any atom is 0.359 e. The number of aromatic nitrogens is 4. The second-order valence-corrected chi connectivity index (χ2v) is 9.04. The molecule has 14 nitrogen and oxygen atoms in total. The topological polar surface area (TPSA) is 189 Å². The van der Waals surface area contributed by atoms with Crippen LogP contribution in [-0.2, 0) is 41.7 Å². The van der Waals surface area contributed by atoms with Crippen molar-refractivity contribution in [2.24, 2.45) is 0 Å². The smallest absolute Gasteiger partial charge is 0.359 e. The maximum absolute atomic E-state index is 12.6. The molecule has 4 rings (SSSR count). The SMILES string of the molecule is C=C(CC(=O)CCc1ccc(Cn2c(=O)[nH]c3c(N)nc(OCCOC)nc32)cc1)C(=O)ON1C(=O)CCC1=O. The molecule has 0 atom stereocenters. The Morgan fingerprint density at radius 3 is 2.40 bits per heavy atom. The van der Waals surface area contributed by atoms with Gasteiger partial charge in [-0.1, -0.05) is 30.8 Å². The summed E-state index contributed by atoms with van der Waals surface area (Å²) in [7, 11) is 1.54. The van der Waals surface area contributed by atoms with Crippen LogP contribution in [0.15, 0.2) is 41.2 Å². The van der Waals surface area contributed by atoms with Crippen LogP contribution >= 0.6 is 0 Å². The minimum atomic E-state index is -0.991.